The quantitative estimate of drug-likeness (QED) is 0.518. The van der Waals surface area contributed by atoms with Gasteiger partial charge in [0.05, 0.1) is 5.92 Å². The summed E-state index contributed by atoms with van der Waals surface area (Å²) in [5.74, 6) is -0.274. The first-order valence-electron chi connectivity index (χ1n) is 3.53. The number of alkyl halides is 1. The minimum atomic E-state index is -0.840. The van der Waals surface area contributed by atoms with E-state index in [9.17, 15) is 9.18 Å². The number of carbonyl (C=O) groups excluding carboxylic acids is 1. The van der Waals surface area contributed by atoms with Gasteiger partial charge < -0.3 is 4.90 Å². The molecule has 1 amide bonds. The van der Waals surface area contributed by atoms with Crippen LogP contribution in [0.1, 0.15) is 6.42 Å². The molecule has 1 aliphatic heterocycles. The van der Waals surface area contributed by atoms with Gasteiger partial charge in [0.2, 0.25) is 5.91 Å². The summed E-state index contributed by atoms with van der Waals surface area (Å²) in [6.07, 6.45) is 1.62. The number of halogens is 1. The molecule has 0 aromatic carbocycles. The lowest BCUT2D eigenvalue weighted by Gasteiger charge is -2.30. The molecule has 3 heteroatoms. The lowest BCUT2D eigenvalue weighted by atomic mass is 10.2. The smallest absolute Gasteiger partial charge is 0.228 e. The maximum absolute atomic E-state index is 12.3. The van der Waals surface area contributed by atoms with Gasteiger partial charge in [0, 0.05) is 19.5 Å². The number of carbonyl (C=O) groups is 1. The predicted molar refractivity (Wildman–Crippen MR) is 33.9 cm³/mol. The standard InChI is InChI=1S/C7H9FNO/c8-6-4-5(6)7(10)9-2-1-3-9/h1,5-6H,2-4H2/t5-,6-/m0/s1. The Balaban J connectivity index is 1.87. The highest BCUT2D eigenvalue weighted by atomic mass is 19.1. The lowest BCUT2D eigenvalue weighted by molar-refractivity contribution is -0.134. The van der Waals surface area contributed by atoms with Gasteiger partial charge in [-0.2, -0.15) is 0 Å². The van der Waals surface area contributed by atoms with E-state index in [0.29, 0.717) is 6.42 Å². The van der Waals surface area contributed by atoms with Gasteiger partial charge in [0.1, 0.15) is 6.17 Å². The second kappa shape index (κ2) is 1.94. The Morgan fingerprint density at radius 2 is 2.20 bits per heavy atom. The molecule has 10 heavy (non-hydrogen) atoms. The van der Waals surface area contributed by atoms with Crippen molar-refractivity contribution in [2.24, 2.45) is 5.92 Å². The van der Waals surface area contributed by atoms with E-state index in [1.807, 2.05) is 6.42 Å². The molecule has 0 spiro atoms. The molecule has 0 unspecified atom stereocenters. The molecule has 2 aliphatic rings. The van der Waals surface area contributed by atoms with Crippen LogP contribution in [0.4, 0.5) is 4.39 Å². The molecule has 0 N–H and O–H groups in total. The van der Waals surface area contributed by atoms with E-state index in [0.717, 1.165) is 13.1 Å². The van der Waals surface area contributed by atoms with E-state index in [1.54, 1.807) is 4.90 Å². The highest BCUT2D eigenvalue weighted by molar-refractivity contribution is 5.83. The lowest BCUT2D eigenvalue weighted by Crippen LogP contribution is -2.43. The normalized spacial score (nSPS) is 37.1. The molecular formula is C7H9FNO. The van der Waals surface area contributed by atoms with Crippen LogP contribution in [0.5, 0.6) is 0 Å². The summed E-state index contributed by atoms with van der Waals surface area (Å²) in [5.41, 5.74) is 0. The largest absolute Gasteiger partial charge is 0.342 e. The summed E-state index contributed by atoms with van der Waals surface area (Å²) in [5, 5.41) is 0. The van der Waals surface area contributed by atoms with Crippen molar-refractivity contribution in [2.75, 3.05) is 13.1 Å². The zero-order chi connectivity index (χ0) is 7.14. The molecule has 1 aliphatic carbocycles. The van der Waals surface area contributed by atoms with Crippen LogP contribution in [0.15, 0.2) is 0 Å². The van der Waals surface area contributed by atoms with Gasteiger partial charge in [0.15, 0.2) is 0 Å². The number of hydrogen-bond donors (Lipinski definition) is 0. The van der Waals surface area contributed by atoms with Gasteiger partial charge >= 0.3 is 0 Å². The van der Waals surface area contributed by atoms with Gasteiger partial charge in [-0.3, -0.25) is 4.79 Å². The van der Waals surface area contributed by atoms with Gasteiger partial charge in [0.25, 0.3) is 0 Å². The van der Waals surface area contributed by atoms with Crippen molar-refractivity contribution in [3.63, 3.8) is 0 Å². The molecule has 2 atom stereocenters. The van der Waals surface area contributed by atoms with Crippen LogP contribution >= 0.6 is 0 Å². The Morgan fingerprint density at radius 3 is 2.50 bits per heavy atom. The van der Waals surface area contributed by atoms with Crippen LogP contribution in [0.2, 0.25) is 0 Å². The second-order valence-electron chi connectivity index (χ2n) is 2.89. The van der Waals surface area contributed by atoms with Crippen molar-refractivity contribution in [3.8, 4) is 0 Å². The molecule has 1 heterocycles. The van der Waals surface area contributed by atoms with E-state index in [-0.39, 0.29) is 11.8 Å². The van der Waals surface area contributed by atoms with Crippen molar-refractivity contribution in [1.82, 2.24) is 4.90 Å². The molecule has 0 aromatic heterocycles. The number of likely N-dealkylation sites (tertiary alicyclic amines) is 1. The van der Waals surface area contributed by atoms with Crippen molar-refractivity contribution >= 4 is 5.91 Å². The van der Waals surface area contributed by atoms with E-state index < -0.39 is 6.17 Å². The minimum Gasteiger partial charge on any atom is -0.342 e. The SMILES string of the molecule is O=C([C@H]1C[C@@H]1F)N1C[CH]C1. The number of hydrogen-bond acceptors (Lipinski definition) is 1. The Morgan fingerprint density at radius 1 is 1.60 bits per heavy atom. The molecule has 2 nitrogen and oxygen atoms in total. The molecule has 2 rings (SSSR count). The fourth-order valence-corrected chi connectivity index (χ4v) is 1.09. The summed E-state index contributed by atoms with van der Waals surface area (Å²) >= 11 is 0. The van der Waals surface area contributed by atoms with Gasteiger partial charge in [-0.05, 0) is 6.42 Å². The Kier molecular flexibility index (Phi) is 1.19. The summed E-state index contributed by atoms with van der Waals surface area (Å²) < 4.78 is 12.3. The zero-order valence-corrected chi connectivity index (χ0v) is 5.59. The third-order valence-corrected chi connectivity index (χ3v) is 2.04. The van der Waals surface area contributed by atoms with Crippen LogP contribution in [0.3, 0.4) is 0 Å². The van der Waals surface area contributed by atoms with E-state index in [2.05, 4.69) is 0 Å². The number of nitrogens with zero attached hydrogens (tertiary/aromatic N) is 1. The average Bonchev–Trinajstić information content (AvgIpc) is 2.41. The van der Waals surface area contributed by atoms with E-state index in [4.69, 9.17) is 0 Å². The second-order valence-corrected chi connectivity index (χ2v) is 2.89. The van der Waals surface area contributed by atoms with Crippen LogP contribution < -0.4 is 0 Å². The summed E-state index contributed by atoms with van der Waals surface area (Å²) in [6, 6.07) is 0. The van der Waals surface area contributed by atoms with Gasteiger partial charge in [-0.25, -0.2) is 4.39 Å². The van der Waals surface area contributed by atoms with E-state index >= 15 is 0 Å². The van der Waals surface area contributed by atoms with Gasteiger partial charge in [-0.15, -0.1) is 0 Å². The number of rotatable bonds is 1. The Labute approximate surface area is 59.0 Å². The maximum Gasteiger partial charge on any atom is 0.228 e. The fourth-order valence-electron chi connectivity index (χ4n) is 1.09. The monoisotopic (exact) mass is 142 g/mol. The molecule has 1 saturated heterocycles. The van der Waals surface area contributed by atoms with Crippen LogP contribution in [0.25, 0.3) is 0 Å². The Hall–Kier alpha value is -0.600. The first kappa shape index (κ1) is 6.13. The molecule has 0 bridgehead atoms. The molecule has 1 saturated carbocycles. The highest BCUT2D eigenvalue weighted by Gasteiger charge is 2.46. The topological polar surface area (TPSA) is 20.3 Å². The zero-order valence-electron chi connectivity index (χ0n) is 5.59. The Bertz CT molecular complexity index is 160. The van der Waals surface area contributed by atoms with Crippen molar-refractivity contribution in [2.45, 2.75) is 12.6 Å². The van der Waals surface area contributed by atoms with Crippen LogP contribution in [-0.4, -0.2) is 30.1 Å². The summed E-state index contributed by atoms with van der Waals surface area (Å²) in [4.78, 5) is 12.7. The summed E-state index contributed by atoms with van der Waals surface area (Å²) in [6.45, 7) is 1.45. The third-order valence-electron chi connectivity index (χ3n) is 2.04. The van der Waals surface area contributed by atoms with Crippen LogP contribution in [-0.2, 0) is 4.79 Å². The van der Waals surface area contributed by atoms with Crippen molar-refractivity contribution < 1.29 is 9.18 Å². The van der Waals surface area contributed by atoms with Crippen molar-refractivity contribution in [3.05, 3.63) is 6.42 Å². The molecule has 55 valence electrons. The first-order chi connectivity index (χ1) is 4.79. The van der Waals surface area contributed by atoms with Crippen LogP contribution in [0, 0.1) is 12.3 Å². The molecule has 1 radical (unpaired) electrons. The third kappa shape index (κ3) is 0.805. The first-order valence-corrected chi connectivity index (χ1v) is 3.53. The van der Waals surface area contributed by atoms with Crippen molar-refractivity contribution in [1.29, 1.82) is 0 Å². The highest BCUT2D eigenvalue weighted by Crippen LogP contribution is 2.36. The molecular weight excluding hydrogens is 133 g/mol. The molecule has 2 fully saturated rings. The predicted octanol–water partition coefficient (Wildman–Crippen LogP) is 0.391. The maximum atomic E-state index is 12.3. The number of amides is 1. The average molecular weight is 142 g/mol. The summed E-state index contributed by atoms with van der Waals surface area (Å²) in [7, 11) is 0. The van der Waals surface area contributed by atoms with Gasteiger partial charge in [-0.1, -0.05) is 0 Å². The molecule has 0 aromatic rings. The van der Waals surface area contributed by atoms with E-state index in [1.165, 1.54) is 0 Å². The fraction of sp³-hybridized carbons (Fsp3) is 0.714. The minimum absolute atomic E-state index is 0.00926.